The number of nitrogens with zero attached hydrogens (tertiary/aromatic N) is 2. The first-order valence-electron chi connectivity index (χ1n) is 9.19. The molecule has 2 aliphatic rings. The van der Waals surface area contributed by atoms with Crippen LogP contribution < -0.4 is 16.0 Å². The molecular weight excluding hydrogens is 433 g/mol. The predicted molar refractivity (Wildman–Crippen MR) is 112 cm³/mol. The molecule has 1 heterocycles. The Bertz CT molecular complexity index is 408. The number of hydrogen-bond donors (Lipinski definition) is 3. The average Bonchev–Trinajstić information content (AvgIpc) is 3.14. The lowest BCUT2D eigenvalue weighted by Gasteiger charge is -2.36. The van der Waals surface area contributed by atoms with E-state index in [1.54, 1.807) is 14.2 Å². The van der Waals surface area contributed by atoms with Gasteiger partial charge in [0.05, 0.1) is 13.2 Å². The zero-order chi connectivity index (χ0) is 17.2. The summed E-state index contributed by atoms with van der Waals surface area (Å²) >= 11 is 0. The number of rotatable bonds is 7. The molecule has 1 saturated heterocycles. The highest BCUT2D eigenvalue weighted by molar-refractivity contribution is 14.0. The summed E-state index contributed by atoms with van der Waals surface area (Å²) in [5.41, 5.74) is 0. The van der Waals surface area contributed by atoms with E-state index in [4.69, 9.17) is 4.74 Å². The zero-order valence-electron chi connectivity index (χ0n) is 15.6. The lowest BCUT2D eigenvalue weighted by atomic mass is 10.0. The minimum atomic E-state index is -0.0500. The number of aliphatic imine (C=N–C) groups is 1. The first-order chi connectivity index (χ1) is 11.7. The standard InChI is InChI=1S/C17H33N5O2.HI/c1-18-17(20-13-16(23)19-9-12-24-2)21-14-7-10-22(11-8-14)15-5-3-4-6-15;/h14-15H,3-13H2,1-2H3,(H,19,23)(H2,18,20,21);1H. The van der Waals surface area contributed by atoms with Crippen LogP contribution in [-0.4, -0.2) is 75.8 Å². The summed E-state index contributed by atoms with van der Waals surface area (Å²) in [5, 5.41) is 9.32. The van der Waals surface area contributed by atoms with Gasteiger partial charge in [0, 0.05) is 45.9 Å². The maximum Gasteiger partial charge on any atom is 0.239 e. The van der Waals surface area contributed by atoms with Crippen molar-refractivity contribution < 1.29 is 9.53 Å². The van der Waals surface area contributed by atoms with Crippen LogP contribution in [0, 0.1) is 0 Å². The van der Waals surface area contributed by atoms with Crippen molar-refractivity contribution in [2.75, 3.05) is 46.9 Å². The Kier molecular flexibility index (Phi) is 11.4. The van der Waals surface area contributed by atoms with Gasteiger partial charge in [0.25, 0.3) is 0 Å². The average molecular weight is 467 g/mol. The van der Waals surface area contributed by atoms with Crippen LogP contribution in [0.4, 0.5) is 0 Å². The Hall–Kier alpha value is -0.610. The highest BCUT2D eigenvalue weighted by atomic mass is 127. The molecule has 3 N–H and O–H groups in total. The molecule has 0 unspecified atom stereocenters. The molecule has 146 valence electrons. The van der Waals surface area contributed by atoms with E-state index in [1.165, 1.54) is 25.7 Å². The SMILES string of the molecule is CN=C(NCC(=O)NCCOC)NC1CCN(C2CCCC2)CC1.I. The molecule has 1 aliphatic heterocycles. The molecule has 0 atom stereocenters. The second-order valence-electron chi connectivity index (χ2n) is 6.66. The number of ether oxygens (including phenoxy) is 1. The van der Waals surface area contributed by atoms with Crippen LogP contribution in [0.25, 0.3) is 0 Å². The van der Waals surface area contributed by atoms with Gasteiger partial charge in [-0.15, -0.1) is 24.0 Å². The van der Waals surface area contributed by atoms with E-state index in [1.807, 2.05) is 0 Å². The summed E-state index contributed by atoms with van der Waals surface area (Å²) in [6, 6.07) is 1.25. The highest BCUT2D eigenvalue weighted by Gasteiger charge is 2.27. The van der Waals surface area contributed by atoms with E-state index in [0.717, 1.165) is 32.0 Å². The summed E-state index contributed by atoms with van der Waals surface area (Å²) in [6.07, 6.45) is 7.81. The van der Waals surface area contributed by atoms with E-state index in [2.05, 4.69) is 25.8 Å². The molecule has 1 amide bonds. The quantitative estimate of drug-likeness (QED) is 0.225. The Balaban J connectivity index is 0.00000312. The minimum absolute atomic E-state index is 0. The Morgan fingerprint density at radius 2 is 1.84 bits per heavy atom. The van der Waals surface area contributed by atoms with Crippen LogP contribution in [0.1, 0.15) is 38.5 Å². The van der Waals surface area contributed by atoms with E-state index < -0.39 is 0 Å². The van der Waals surface area contributed by atoms with E-state index in [-0.39, 0.29) is 36.4 Å². The van der Waals surface area contributed by atoms with Gasteiger partial charge in [-0.1, -0.05) is 12.8 Å². The van der Waals surface area contributed by atoms with E-state index in [0.29, 0.717) is 25.2 Å². The molecule has 0 aromatic carbocycles. The van der Waals surface area contributed by atoms with Crippen molar-refractivity contribution in [1.82, 2.24) is 20.9 Å². The number of carbonyl (C=O) groups excluding carboxylic acids is 1. The smallest absolute Gasteiger partial charge is 0.239 e. The normalized spacial score (nSPS) is 20.2. The van der Waals surface area contributed by atoms with Crippen molar-refractivity contribution in [2.45, 2.75) is 50.6 Å². The topological polar surface area (TPSA) is 78.0 Å². The van der Waals surface area contributed by atoms with Gasteiger partial charge in [-0.25, -0.2) is 0 Å². The highest BCUT2D eigenvalue weighted by Crippen LogP contribution is 2.26. The first-order valence-corrected chi connectivity index (χ1v) is 9.19. The van der Waals surface area contributed by atoms with Gasteiger partial charge in [-0.2, -0.15) is 0 Å². The number of likely N-dealkylation sites (tertiary alicyclic amines) is 1. The predicted octanol–water partition coefficient (Wildman–Crippen LogP) is 0.939. The Morgan fingerprint density at radius 1 is 1.16 bits per heavy atom. The van der Waals surface area contributed by atoms with Crippen LogP contribution >= 0.6 is 24.0 Å². The van der Waals surface area contributed by atoms with E-state index >= 15 is 0 Å². The van der Waals surface area contributed by atoms with Gasteiger partial charge >= 0.3 is 0 Å². The Morgan fingerprint density at radius 3 is 2.44 bits per heavy atom. The van der Waals surface area contributed by atoms with Crippen molar-refractivity contribution in [3.05, 3.63) is 0 Å². The number of carbonyl (C=O) groups is 1. The van der Waals surface area contributed by atoms with Crippen LogP contribution in [-0.2, 0) is 9.53 Å². The van der Waals surface area contributed by atoms with Crippen molar-refractivity contribution >= 4 is 35.8 Å². The number of amides is 1. The summed E-state index contributed by atoms with van der Waals surface area (Å²) in [5.74, 6) is 0.655. The summed E-state index contributed by atoms with van der Waals surface area (Å²) in [4.78, 5) is 18.6. The molecule has 0 aromatic rings. The van der Waals surface area contributed by atoms with Gasteiger partial charge in [0.1, 0.15) is 0 Å². The second kappa shape index (κ2) is 12.7. The monoisotopic (exact) mass is 467 g/mol. The fourth-order valence-corrected chi connectivity index (χ4v) is 3.59. The summed E-state index contributed by atoms with van der Waals surface area (Å²) in [7, 11) is 3.36. The molecule has 1 saturated carbocycles. The van der Waals surface area contributed by atoms with E-state index in [9.17, 15) is 4.79 Å². The van der Waals surface area contributed by atoms with Crippen molar-refractivity contribution in [3.8, 4) is 0 Å². The van der Waals surface area contributed by atoms with Crippen LogP contribution in [0.15, 0.2) is 4.99 Å². The number of piperidine rings is 1. The third-order valence-electron chi connectivity index (χ3n) is 4.98. The van der Waals surface area contributed by atoms with Crippen molar-refractivity contribution in [1.29, 1.82) is 0 Å². The van der Waals surface area contributed by atoms with Gasteiger partial charge in [-0.3, -0.25) is 9.79 Å². The zero-order valence-corrected chi connectivity index (χ0v) is 17.9. The summed E-state index contributed by atoms with van der Waals surface area (Å²) < 4.78 is 4.91. The van der Waals surface area contributed by atoms with Crippen LogP contribution in [0.3, 0.4) is 0 Å². The maximum absolute atomic E-state index is 11.7. The number of guanidine groups is 1. The Labute approximate surface area is 168 Å². The molecule has 0 bridgehead atoms. The molecule has 2 rings (SSSR count). The largest absolute Gasteiger partial charge is 0.383 e. The molecular formula is C17H34IN5O2. The third kappa shape index (κ3) is 8.08. The number of hydrogen-bond acceptors (Lipinski definition) is 4. The molecule has 1 aliphatic carbocycles. The fraction of sp³-hybridized carbons (Fsp3) is 0.882. The number of nitrogens with one attached hydrogen (secondary N) is 3. The minimum Gasteiger partial charge on any atom is -0.383 e. The van der Waals surface area contributed by atoms with Gasteiger partial charge < -0.3 is 25.6 Å². The first kappa shape index (κ1) is 22.4. The van der Waals surface area contributed by atoms with Crippen molar-refractivity contribution in [2.24, 2.45) is 4.99 Å². The lowest BCUT2D eigenvalue weighted by Crippen LogP contribution is -2.51. The summed E-state index contributed by atoms with van der Waals surface area (Å²) in [6.45, 7) is 3.61. The van der Waals surface area contributed by atoms with Gasteiger partial charge in [-0.05, 0) is 25.7 Å². The van der Waals surface area contributed by atoms with Gasteiger partial charge in [0.2, 0.25) is 5.91 Å². The molecule has 0 spiro atoms. The third-order valence-corrected chi connectivity index (χ3v) is 4.98. The molecule has 2 fully saturated rings. The molecule has 0 aromatic heterocycles. The van der Waals surface area contributed by atoms with Crippen LogP contribution in [0.5, 0.6) is 0 Å². The van der Waals surface area contributed by atoms with Crippen LogP contribution in [0.2, 0.25) is 0 Å². The fourth-order valence-electron chi connectivity index (χ4n) is 3.59. The van der Waals surface area contributed by atoms with Crippen molar-refractivity contribution in [3.63, 3.8) is 0 Å². The molecule has 7 nitrogen and oxygen atoms in total. The van der Waals surface area contributed by atoms with Gasteiger partial charge in [0.15, 0.2) is 5.96 Å². The molecule has 25 heavy (non-hydrogen) atoms. The lowest BCUT2D eigenvalue weighted by molar-refractivity contribution is -0.120. The molecule has 8 heteroatoms. The molecule has 0 radical (unpaired) electrons. The second-order valence-corrected chi connectivity index (χ2v) is 6.66. The number of halogens is 1. The number of methoxy groups -OCH3 is 1. The maximum atomic E-state index is 11.7.